The number of hydrogen-bond acceptors (Lipinski definition) is 4. The van der Waals surface area contributed by atoms with Gasteiger partial charge in [-0.05, 0) is 37.2 Å². The highest BCUT2D eigenvalue weighted by Crippen LogP contribution is 2.28. The van der Waals surface area contributed by atoms with Gasteiger partial charge in [-0.2, -0.15) is 0 Å². The summed E-state index contributed by atoms with van der Waals surface area (Å²) in [6.45, 7) is 7.83. The van der Waals surface area contributed by atoms with Crippen molar-refractivity contribution < 1.29 is 4.74 Å². The molecule has 6 heteroatoms. The fraction of sp³-hybridized carbons (Fsp3) is 0.588. The van der Waals surface area contributed by atoms with E-state index in [9.17, 15) is 0 Å². The van der Waals surface area contributed by atoms with Crippen LogP contribution in [0.15, 0.2) is 24.3 Å². The number of anilines is 2. The average Bonchev–Trinajstić information content (AvgIpc) is 3.11. The van der Waals surface area contributed by atoms with Gasteiger partial charge in [0.2, 0.25) is 0 Å². The molecule has 2 N–H and O–H groups in total. The van der Waals surface area contributed by atoms with E-state index in [-0.39, 0.29) is 0 Å². The molecule has 0 aliphatic carbocycles. The maximum Gasteiger partial charge on any atom is 0.170 e. The van der Waals surface area contributed by atoms with Gasteiger partial charge in [0.15, 0.2) is 5.11 Å². The van der Waals surface area contributed by atoms with Crippen molar-refractivity contribution in [1.29, 1.82) is 0 Å². The lowest BCUT2D eigenvalue weighted by atomic mass is 10.2. The summed E-state index contributed by atoms with van der Waals surface area (Å²) in [5.74, 6) is 0. The van der Waals surface area contributed by atoms with E-state index in [2.05, 4.69) is 44.7 Å². The zero-order valence-electron chi connectivity index (χ0n) is 13.6. The lowest BCUT2D eigenvalue weighted by Crippen LogP contribution is -2.42. The van der Waals surface area contributed by atoms with E-state index in [4.69, 9.17) is 17.0 Å². The van der Waals surface area contributed by atoms with Crippen LogP contribution in [0.3, 0.4) is 0 Å². The molecule has 2 saturated heterocycles. The van der Waals surface area contributed by atoms with Crippen LogP contribution in [0.4, 0.5) is 11.4 Å². The Bertz CT molecular complexity index is 513. The van der Waals surface area contributed by atoms with Gasteiger partial charge in [-0.25, -0.2) is 0 Å². The Balaban J connectivity index is 1.47. The molecule has 0 atom stereocenters. The van der Waals surface area contributed by atoms with E-state index in [1.807, 2.05) is 0 Å². The molecule has 0 saturated carbocycles. The molecule has 5 nitrogen and oxygen atoms in total. The maximum atomic E-state index is 5.45. The van der Waals surface area contributed by atoms with Gasteiger partial charge in [0.05, 0.1) is 24.6 Å². The van der Waals surface area contributed by atoms with Gasteiger partial charge in [0.1, 0.15) is 0 Å². The number of para-hydroxylation sites is 2. The molecule has 2 fully saturated rings. The normalized spacial score (nSPS) is 18.9. The fourth-order valence-corrected chi connectivity index (χ4v) is 3.34. The summed E-state index contributed by atoms with van der Waals surface area (Å²) in [7, 11) is 0. The van der Waals surface area contributed by atoms with E-state index < -0.39 is 0 Å². The Morgan fingerprint density at radius 1 is 1.09 bits per heavy atom. The first-order chi connectivity index (χ1) is 11.3. The van der Waals surface area contributed by atoms with Crippen LogP contribution in [-0.4, -0.2) is 62.5 Å². The van der Waals surface area contributed by atoms with Crippen molar-refractivity contribution in [3.8, 4) is 0 Å². The summed E-state index contributed by atoms with van der Waals surface area (Å²) < 4.78 is 5.36. The SMILES string of the molecule is S=C(NCCN1CCOCC1)Nc1ccccc1N1CCCC1. The van der Waals surface area contributed by atoms with Gasteiger partial charge >= 0.3 is 0 Å². The summed E-state index contributed by atoms with van der Waals surface area (Å²) in [5, 5.41) is 7.38. The number of ether oxygens (including phenoxy) is 1. The van der Waals surface area contributed by atoms with Crippen LogP contribution in [-0.2, 0) is 4.74 Å². The highest BCUT2D eigenvalue weighted by Gasteiger charge is 2.16. The molecule has 0 aromatic heterocycles. The van der Waals surface area contributed by atoms with Gasteiger partial charge in [-0.15, -0.1) is 0 Å². The second kappa shape index (κ2) is 8.47. The minimum atomic E-state index is 0.699. The average molecular weight is 334 g/mol. The van der Waals surface area contributed by atoms with E-state index in [0.717, 1.165) is 58.2 Å². The van der Waals surface area contributed by atoms with Gasteiger partial charge in [0.25, 0.3) is 0 Å². The van der Waals surface area contributed by atoms with Crippen molar-refractivity contribution >= 4 is 28.7 Å². The number of benzene rings is 1. The van der Waals surface area contributed by atoms with Crippen LogP contribution in [0.1, 0.15) is 12.8 Å². The van der Waals surface area contributed by atoms with Crippen LogP contribution in [0.5, 0.6) is 0 Å². The molecule has 2 aliphatic rings. The Morgan fingerprint density at radius 3 is 2.61 bits per heavy atom. The summed E-state index contributed by atoms with van der Waals surface area (Å²) in [4.78, 5) is 4.83. The Kier molecular flexibility index (Phi) is 6.07. The molecular formula is C17H26N4OS. The number of nitrogens with zero attached hydrogens (tertiary/aromatic N) is 2. The van der Waals surface area contributed by atoms with Crippen molar-refractivity contribution in [3.05, 3.63) is 24.3 Å². The third-order valence-electron chi connectivity index (χ3n) is 4.42. The zero-order valence-corrected chi connectivity index (χ0v) is 14.4. The molecule has 3 rings (SSSR count). The van der Waals surface area contributed by atoms with E-state index >= 15 is 0 Å². The lowest BCUT2D eigenvalue weighted by Gasteiger charge is -2.27. The van der Waals surface area contributed by atoms with E-state index in [0.29, 0.717) is 5.11 Å². The third-order valence-corrected chi connectivity index (χ3v) is 4.66. The summed E-state index contributed by atoms with van der Waals surface area (Å²) in [6.07, 6.45) is 2.55. The predicted octanol–water partition coefficient (Wildman–Crippen LogP) is 1.91. The van der Waals surface area contributed by atoms with Crippen LogP contribution in [0, 0.1) is 0 Å². The minimum Gasteiger partial charge on any atom is -0.379 e. The molecule has 0 radical (unpaired) electrons. The summed E-state index contributed by atoms with van der Waals surface area (Å²) >= 11 is 5.45. The Hall–Kier alpha value is -1.37. The molecule has 0 spiro atoms. The molecule has 1 aromatic carbocycles. The third kappa shape index (κ3) is 4.80. The van der Waals surface area contributed by atoms with Crippen molar-refractivity contribution in [1.82, 2.24) is 10.2 Å². The topological polar surface area (TPSA) is 39.8 Å². The van der Waals surface area contributed by atoms with Gasteiger partial charge in [-0.3, -0.25) is 4.90 Å². The molecule has 1 aromatic rings. The van der Waals surface area contributed by atoms with Gasteiger partial charge in [0, 0.05) is 39.3 Å². The minimum absolute atomic E-state index is 0.699. The van der Waals surface area contributed by atoms with Crippen LogP contribution >= 0.6 is 12.2 Å². The van der Waals surface area contributed by atoms with Gasteiger partial charge in [-0.1, -0.05) is 12.1 Å². The second-order valence-electron chi connectivity index (χ2n) is 6.05. The first kappa shape index (κ1) is 16.5. The fourth-order valence-electron chi connectivity index (χ4n) is 3.13. The van der Waals surface area contributed by atoms with Crippen LogP contribution < -0.4 is 15.5 Å². The number of nitrogens with one attached hydrogen (secondary N) is 2. The zero-order chi connectivity index (χ0) is 15.9. The smallest absolute Gasteiger partial charge is 0.170 e. The molecular weight excluding hydrogens is 308 g/mol. The number of hydrogen-bond donors (Lipinski definition) is 2. The largest absolute Gasteiger partial charge is 0.379 e. The van der Waals surface area contributed by atoms with Crippen molar-refractivity contribution in [3.63, 3.8) is 0 Å². The van der Waals surface area contributed by atoms with Crippen LogP contribution in [0.2, 0.25) is 0 Å². The lowest BCUT2D eigenvalue weighted by molar-refractivity contribution is 0.0389. The van der Waals surface area contributed by atoms with E-state index in [1.165, 1.54) is 18.5 Å². The molecule has 0 unspecified atom stereocenters. The molecule has 2 heterocycles. The number of morpholine rings is 1. The quantitative estimate of drug-likeness (QED) is 0.802. The second-order valence-corrected chi connectivity index (χ2v) is 6.45. The standard InChI is InChI=1S/C17H26N4OS/c23-17(18-7-10-20-11-13-22-14-12-20)19-15-5-1-2-6-16(15)21-8-3-4-9-21/h1-2,5-6H,3-4,7-14H2,(H2,18,19,23). The Morgan fingerprint density at radius 2 is 1.83 bits per heavy atom. The van der Waals surface area contributed by atoms with Gasteiger partial charge < -0.3 is 20.3 Å². The Labute approximate surface area is 144 Å². The van der Waals surface area contributed by atoms with Crippen molar-refractivity contribution in [2.24, 2.45) is 0 Å². The maximum absolute atomic E-state index is 5.45. The highest BCUT2D eigenvalue weighted by atomic mass is 32.1. The summed E-state index contributed by atoms with van der Waals surface area (Å²) in [5.41, 5.74) is 2.35. The summed E-state index contributed by atoms with van der Waals surface area (Å²) in [6, 6.07) is 8.42. The van der Waals surface area contributed by atoms with Crippen molar-refractivity contribution in [2.45, 2.75) is 12.8 Å². The monoisotopic (exact) mass is 334 g/mol. The van der Waals surface area contributed by atoms with Crippen LogP contribution in [0.25, 0.3) is 0 Å². The molecule has 2 aliphatic heterocycles. The number of thiocarbonyl (C=S) groups is 1. The molecule has 23 heavy (non-hydrogen) atoms. The van der Waals surface area contributed by atoms with E-state index in [1.54, 1.807) is 0 Å². The predicted molar refractivity (Wildman–Crippen MR) is 99.4 cm³/mol. The molecule has 126 valence electrons. The number of rotatable bonds is 5. The highest BCUT2D eigenvalue weighted by molar-refractivity contribution is 7.80. The molecule has 0 bridgehead atoms. The first-order valence-corrected chi connectivity index (χ1v) is 8.93. The van der Waals surface area contributed by atoms with Crippen molar-refractivity contribution in [2.75, 3.05) is 62.7 Å². The first-order valence-electron chi connectivity index (χ1n) is 8.52. The molecule has 0 amide bonds.